The Morgan fingerprint density at radius 2 is 2.00 bits per heavy atom. The number of nitrogens with one attached hydrogen (secondary N) is 1. The second kappa shape index (κ2) is 6.66. The topological polar surface area (TPSA) is 84.4 Å². The van der Waals surface area contributed by atoms with Crippen LogP contribution in [0.15, 0.2) is 12.4 Å². The van der Waals surface area contributed by atoms with Crippen LogP contribution in [0.4, 0.5) is 14.9 Å². The molecule has 2 atom stereocenters. The van der Waals surface area contributed by atoms with Crippen LogP contribution in [-0.2, 0) is 9.53 Å². The first kappa shape index (κ1) is 17.4. The highest BCUT2D eigenvalue weighted by molar-refractivity contribution is 6.28. The van der Waals surface area contributed by atoms with Gasteiger partial charge in [0.05, 0.1) is 24.6 Å². The molecule has 2 rings (SSSR count). The molecular weight excluding hydrogens is 327 g/mol. The SMILES string of the molecule is CC(C)(C)OC(=O)N1C[C@@H](F)C[C@@H]1C(=O)Nc1cnc(Cl)nc1. The van der Waals surface area contributed by atoms with Crippen molar-refractivity contribution in [3.05, 3.63) is 17.7 Å². The molecule has 0 unspecified atom stereocenters. The van der Waals surface area contributed by atoms with E-state index in [1.807, 2.05) is 0 Å². The number of aromatic nitrogens is 2. The highest BCUT2D eigenvalue weighted by atomic mass is 35.5. The van der Waals surface area contributed by atoms with E-state index < -0.39 is 29.8 Å². The van der Waals surface area contributed by atoms with Gasteiger partial charge in [0.2, 0.25) is 11.2 Å². The van der Waals surface area contributed by atoms with Crippen molar-refractivity contribution in [3.63, 3.8) is 0 Å². The van der Waals surface area contributed by atoms with Gasteiger partial charge in [-0.05, 0) is 32.4 Å². The molecule has 1 N–H and O–H groups in total. The van der Waals surface area contributed by atoms with E-state index in [4.69, 9.17) is 16.3 Å². The summed E-state index contributed by atoms with van der Waals surface area (Å²) >= 11 is 5.57. The standard InChI is InChI=1S/C14H18ClFN4O3/c1-14(2,3)23-13(22)20-7-8(16)4-10(20)11(21)19-9-5-17-12(15)18-6-9/h5-6,8,10H,4,7H2,1-3H3,(H,19,21)/t8-,10+/m0/s1. The van der Waals surface area contributed by atoms with Crippen LogP contribution in [0, 0.1) is 0 Å². The summed E-state index contributed by atoms with van der Waals surface area (Å²) in [6.07, 6.45) is 0.573. The summed E-state index contributed by atoms with van der Waals surface area (Å²) in [5.74, 6) is -0.526. The zero-order valence-electron chi connectivity index (χ0n) is 13.0. The third-order valence-corrected chi connectivity index (χ3v) is 3.26. The minimum absolute atomic E-state index is 0.0445. The number of hydrogen-bond acceptors (Lipinski definition) is 5. The molecule has 0 aromatic carbocycles. The van der Waals surface area contributed by atoms with Crippen molar-refractivity contribution in [2.45, 2.75) is 45.0 Å². The smallest absolute Gasteiger partial charge is 0.411 e. The molecule has 126 valence electrons. The maximum atomic E-state index is 13.7. The predicted molar refractivity (Wildman–Crippen MR) is 81.9 cm³/mol. The molecule has 1 saturated heterocycles. The summed E-state index contributed by atoms with van der Waals surface area (Å²) in [5, 5.41) is 2.59. The molecule has 7 nitrogen and oxygen atoms in total. The van der Waals surface area contributed by atoms with E-state index in [-0.39, 0.29) is 18.2 Å². The van der Waals surface area contributed by atoms with E-state index in [0.717, 1.165) is 4.90 Å². The zero-order chi connectivity index (χ0) is 17.2. The Labute approximate surface area is 138 Å². The maximum Gasteiger partial charge on any atom is 0.411 e. The molecule has 1 aromatic heterocycles. The number of hydrogen-bond donors (Lipinski definition) is 1. The molecule has 1 aliphatic heterocycles. The number of likely N-dealkylation sites (tertiary alicyclic amines) is 1. The second-order valence-electron chi connectivity index (χ2n) is 6.21. The lowest BCUT2D eigenvalue weighted by atomic mass is 10.2. The summed E-state index contributed by atoms with van der Waals surface area (Å²) in [5.41, 5.74) is -0.415. The molecule has 1 aliphatic rings. The van der Waals surface area contributed by atoms with Crippen molar-refractivity contribution in [3.8, 4) is 0 Å². The van der Waals surface area contributed by atoms with Gasteiger partial charge >= 0.3 is 6.09 Å². The summed E-state index contributed by atoms with van der Waals surface area (Å²) in [4.78, 5) is 33.0. The lowest BCUT2D eigenvalue weighted by molar-refractivity contribution is -0.120. The van der Waals surface area contributed by atoms with Crippen LogP contribution >= 0.6 is 11.6 Å². The number of halogens is 2. The number of alkyl halides is 1. The summed E-state index contributed by atoms with van der Waals surface area (Å²) < 4.78 is 18.9. The molecule has 0 spiro atoms. The summed E-state index contributed by atoms with van der Waals surface area (Å²) in [7, 11) is 0. The van der Waals surface area contributed by atoms with Gasteiger partial charge in [-0.3, -0.25) is 9.69 Å². The minimum Gasteiger partial charge on any atom is -0.444 e. The number of nitrogens with zero attached hydrogens (tertiary/aromatic N) is 3. The van der Waals surface area contributed by atoms with E-state index in [1.54, 1.807) is 20.8 Å². The molecule has 0 saturated carbocycles. The Morgan fingerprint density at radius 1 is 1.39 bits per heavy atom. The predicted octanol–water partition coefficient (Wildman–Crippen LogP) is 2.42. The highest BCUT2D eigenvalue weighted by Gasteiger charge is 2.41. The van der Waals surface area contributed by atoms with Gasteiger partial charge in [-0.2, -0.15) is 0 Å². The first-order valence-corrected chi connectivity index (χ1v) is 7.45. The number of anilines is 1. The van der Waals surface area contributed by atoms with Gasteiger partial charge in [-0.1, -0.05) is 0 Å². The number of rotatable bonds is 2. The fraction of sp³-hybridized carbons (Fsp3) is 0.571. The fourth-order valence-electron chi connectivity index (χ4n) is 2.16. The van der Waals surface area contributed by atoms with Crippen LogP contribution in [0.25, 0.3) is 0 Å². The Morgan fingerprint density at radius 3 is 2.57 bits per heavy atom. The molecule has 9 heteroatoms. The van der Waals surface area contributed by atoms with E-state index in [0.29, 0.717) is 5.69 Å². The number of carbonyl (C=O) groups excluding carboxylic acids is 2. The molecule has 0 radical (unpaired) electrons. The van der Waals surface area contributed by atoms with Crippen molar-refractivity contribution in [1.29, 1.82) is 0 Å². The molecule has 0 bridgehead atoms. The average Bonchev–Trinajstić information content (AvgIpc) is 2.82. The Kier molecular flexibility index (Phi) is 5.03. The number of amides is 2. The maximum absolute atomic E-state index is 13.7. The Hall–Kier alpha value is -1.96. The molecule has 2 amide bonds. The Balaban J connectivity index is 2.07. The minimum atomic E-state index is -1.28. The van der Waals surface area contributed by atoms with Crippen LogP contribution in [0.1, 0.15) is 27.2 Å². The molecule has 1 fully saturated rings. The second-order valence-corrected chi connectivity index (χ2v) is 6.55. The van der Waals surface area contributed by atoms with Crippen LogP contribution in [-0.4, -0.2) is 51.2 Å². The Bertz CT molecular complexity index is 591. The van der Waals surface area contributed by atoms with Gasteiger partial charge < -0.3 is 10.1 Å². The average molecular weight is 345 g/mol. The van der Waals surface area contributed by atoms with Crippen molar-refractivity contribution >= 4 is 29.3 Å². The molecule has 23 heavy (non-hydrogen) atoms. The number of ether oxygens (including phenoxy) is 1. The normalized spacial score (nSPS) is 21.2. The van der Waals surface area contributed by atoms with E-state index in [2.05, 4.69) is 15.3 Å². The highest BCUT2D eigenvalue weighted by Crippen LogP contribution is 2.24. The zero-order valence-corrected chi connectivity index (χ0v) is 13.8. The number of carbonyl (C=O) groups is 2. The van der Waals surface area contributed by atoms with Crippen molar-refractivity contribution in [1.82, 2.24) is 14.9 Å². The van der Waals surface area contributed by atoms with Gasteiger partial charge in [0.15, 0.2) is 0 Å². The van der Waals surface area contributed by atoms with Crippen LogP contribution in [0.3, 0.4) is 0 Å². The van der Waals surface area contributed by atoms with E-state index in [1.165, 1.54) is 12.4 Å². The lowest BCUT2D eigenvalue weighted by Gasteiger charge is -2.27. The monoisotopic (exact) mass is 344 g/mol. The fourth-order valence-corrected chi connectivity index (χ4v) is 2.26. The molecule has 2 heterocycles. The third kappa shape index (κ3) is 4.75. The van der Waals surface area contributed by atoms with Crippen molar-refractivity contribution < 1.29 is 18.7 Å². The van der Waals surface area contributed by atoms with E-state index >= 15 is 0 Å². The van der Waals surface area contributed by atoms with Gasteiger partial charge in [-0.25, -0.2) is 19.2 Å². The van der Waals surface area contributed by atoms with Crippen LogP contribution in [0.2, 0.25) is 5.28 Å². The summed E-state index contributed by atoms with van der Waals surface area (Å²) in [6.45, 7) is 4.93. The van der Waals surface area contributed by atoms with Crippen LogP contribution in [0.5, 0.6) is 0 Å². The molecular formula is C14H18ClFN4O3. The van der Waals surface area contributed by atoms with Gasteiger partial charge in [0.1, 0.15) is 17.8 Å². The molecule has 1 aromatic rings. The first-order valence-electron chi connectivity index (χ1n) is 7.08. The summed E-state index contributed by atoms with van der Waals surface area (Å²) in [6, 6.07) is -0.949. The molecule has 0 aliphatic carbocycles. The lowest BCUT2D eigenvalue weighted by Crippen LogP contribution is -2.45. The van der Waals surface area contributed by atoms with Gasteiger partial charge in [0, 0.05) is 6.42 Å². The van der Waals surface area contributed by atoms with Crippen molar-refractivity contribution in [2.24, 2.45) is 0 Å². The van der Waals surface area contributed by atoms with E-state index in [9.17, 15) is 14.0 Å². The van der Waals surface area contributed by atoms with Gasteiger partial charge in [-0.15, -0.1) is 0 Å². The third-order valence-electron chi connectivity index (χ3n) is 3.07. The quantitative estimate of drug-likeness (QED) is 0.833. The van der Waals surface area contributed by atoms with Crippen molar-refractivity contribution in [2.75, 3.05) is 11.9 Å². The van der Waals surface area contributed by atoms with Crippen LogP contribution < -0.4 is 5.32 Å². The van der Waals surface area contributed by atoms with Gasteiger partial charge in [0.25, 0.3) is 0 Å². The first-order chi connectivity index (χ1) is 10.7. The largest absolute Gasteiger partial charge is 0.444 e.